The fraction of sp³-hybridized carbons (Fsp3) is 0.650. The Kier molecular flexibility index (Phi) is 11.5. The van der Waals surface area contributed by atoms with Gasteiger partial charge >= 0.3 is 6.18 Å². The highest BCUT2D eigenvalue weighted by molar-refractivity contribution is 14.0. The zero-order valence-corrected chi connectivity index (χ0v) is 20.7. The highest BCUT2D eigenvalue weighted by Crippen LogP contribution is 2.27. The number of nitrogens with zero attached hydrogens (tertiary/aromatic N) is 3. The van der Waals surface area contributed by atoms with E-state index in [4.69, 9.17) is 14.2 Å². The van der Waals surface area contributed by atoms with Crippen LogP contribution in [0.3, 0.4) is 0 Å². The number of hydrogen-bond acceptors (Lipinski definition) is 5. The molecular formula is C20H32F3IN4O3. The smallest absolute Gasteiger partial charge is 0.403 e. The number of guanidine groups is 1. The molecule has 1 heterocycles. The van der Waals surface area contributed by atoms with Gasteiger partial charge in [0.05, 0.1) is 20.8 Å². The molecule has 1 unspecified atom stereocenters. The van der Waals surface area contributed by atoms with Crippen LogP contribution in [0.15, 0.2) is 23.2 Å². The molecule has 0 bridgehead atoms. The summed E-state index contributed by atoms with van der Waals surface area (Å²) < 4.78 is 54.9. The lowest BCUT2D eigenvalue weighted by Gasteiger charge is -2.39. The Morgan fingerprint density at radius 3 is 2.10 bits per heavy atom. The van der Waals surface area contributed by atoms with E-state index in [-0.39, 0.29) is 24.0 Å². The highest BCUT2D eigenvalue weighted by atomic mass is 127. The Balaban J connectivity index is 0.00000480. The van der Waals surface area contributed by atoms with Crippen LogP contribution in [-0.2, 0) is 0 Å². The van der Waals surface area contributed by atoms with Crippen LogP contribution in [0.5, 0.6) is 17.2 Å². The number of hydrogen-bond donors (Lipinski definition) is 1. The number of piperazine rings is 1. The van der Waals surface area contributed by atoms with Gasteiger partial charge in [-0.2, -0.15) is 13.2 Å². The Bertz CT molecular complexity index is 676. The van der Waals surface area contributed by atoms with Gasteiger partial charge in [0.2, 0.25) is 0 Å². The molecule has 0 radical (unpaired) electrons. The second-order valence-electron chi connectivity index (χ2n) is 6.96. The summed E-state index contributed by atoms with van der Waals surface area (Å²) in [6, 6.07) is 3.92. The minimum absolute atomic E-state index is 0. The van der Waals surface area contributed by atoms with Gasteiger partial charge in [-0.1, -0.05) is 0 Å². The molecule has 0 aromatic heterocycles. The third-order valence-corrected chi connectivity index (χ3v) is 5.04. The molecular weight excluding hydrogens is 528 g/mol. The fourth-order valence-electron chi connectivity index (χ4n) is 3.19. The summed E-state index contributed by atoms with van der Waals surface area (Å²) in [4.78, 5) is 7.69. The van der Waals surface area contributed by atoms with Gasteiger partial charge in [0.15, 0.2) is 5.96 Å². The number of methoxy groups -OCH3 is 2. The fourth-order valence-corrected chi connectivity index (χ4v) is 3.19. The summed E-state index contributed by atoms with van der Waals surface area (Å²) in [6.07, 6.45) is -3.47. The second-order valence-corrected chi connectivity index (χ2v) is 6.96. The Morgan fingerprint density at radius 1 is 1.06 bits per heavy atom. The Hall–Kier alpha value is -1.63. The van der Waals surface area contributed by atoms with Crippen molar-refractivity contribution >= 4 is 29.9 Å². The van der Waals surface area contributed by atoms with E-state index in [1.807, 2.05) is 4.90 Å². The average Bonchev–Trinajstić information content (AvgIpc) is 2.75. The number of aliphatic imine (C=N–C) groups is 1. The molecule has 0 amide bonds. The van der Waals surface area contributed by atoms with Crippen LogP contribution >= 0.6 is 24.0 Å². The molecule has 0 saturated carbocycles. The van der Waals surface area contributed by atoms with Crippen LogP contribution in [0, 0.1) is 0 Å². The first-order valence-electron chi connectivity index (χ1n) is 9.90. The molecule has 1 N–H and O–H groups in total. The first-order valence-corrected chi connectivity index (χ1v) is 9.90. The lowest BCUT2D eigenvalue weighted by molar-refractivity contribution is -0.181. The predicted octanol–water partition coefficient (Wildman–Crippen LogP) is 3.23. The molecule has 1 fully saturated rings. The van der Waals surface area contributed by atoms with Gasteiger partial charge in [-0.05, 0) is 13.3 Å². The molecule has 1 aromatic rings. The lowest BCUT2D eigenvalue weighted by atomic mass is 10.2. The van der Waals surface area contributed by atoms with Gasteiger partial charge in [0.1, 0.15) is 23.3 Å². The molecule has 178 valence electrons. The number of ether oxygens (including phenoxy) is 3. The normalized spacial score (nSPS) is 16.4. The third kappa shape index (κ3) is 8.43. The molecule has 2 rings (SSSR count). The van der Waals surface area contributed by atoms with E-state index in [1.165, 1.54) is 11.8 Å². The maximum absolute atomic E-state index is 12.9. The lowest BCUT2D eigenvalue weighted by Crippen LogP contribution is -2.56. The van der Waals surface area contributed by atoms with Crippen molar-refractivity contribution in [2.45, 2.75) is 25.6 Å². The predicted molar refractivity (Wildman–Crippen MR) is 125 cm³/mol. The molecule has 11 heteroatoms. The van der Waals surface area contributed by atoms with Crippen molar-refractivity contribution in [1.82, 2.24) is 15.1 Å². The molecule has 31 heavy (non-hydrogen) atoms. The summed E-state index contributed by atoms with van der Waals surface area (Å²) in [7, 11) is 4.83. The molecule has 7 nitrogen and oxygen atoms in total. The van der Waals surface area contributed by atoms with Gasteiger partial charge in [-0.3, -0.25) is 9.89 Å². The Labute approximate surface area is 198 Å². The SMILES string of the molecule is CN=C(NCCCOc1cc(OC)cc(OC)c1)N1CCN(C(C)C(F)(F)F)CC1.I. The number of alkyl halides is 3. The number of rotatable bonds is 8. The molecule has 1 aliphatic rings. The third-order valence-electron chi connectivity index (χ3n) is 5.04. The van der Waals surface area contributed by atoms with Crippen LogP contribution in [0.25, 0.3) is 0 Å². The van der Waals surface area contributed by atoms with Crippen molar-refractivity contribution in [3.05, 3.63) is 18.2 Å². The summed E-state index contributed by atoms with van der Waals surface area (Å²) in [5, 5.41) is 3.25. The summed E-state index contributed by atoms with van der Waals surface area (Å²) in [6.45, 7) is 4.02. The van der Waals surface area contributed by atoms with Crippen molar-refractivity contribution < 1.29 is 27.4 Å². The molecule has 0 aliphatic carbocycles. The van der Waals surface area contributed by atoms with Crippen LogP contribution in [-0.4, -0.2) is 88.6 Å². The maximum Gasteiger partial charge on any atom is 0.403 e. The molecule has 1 aromatic carbocycles. The van der Waals surface area contributed by atoms with Crippen LogP contribution in [0.2, 0.25) is 0 Å². The van der Waals surface area contributed by atoms with E-state index in [1.54, 1.807) is 39.5 Å². The van der Waals surface area contributed by atoms with Crippen molar-refractivity contribution in [1.29, 1.82) is 0 Å². The zero-order valence-electron chi connectivity index (χ0n) is 18.4. The minimum Gasteiger partial charge on any atom is -0.496 e. The number of benzene rings is 1. The van der Waals surface area contributed by atoms with Crippen molar-refractivity contribution in [2.75, 3.05) is 60.6 Å². The van der Waals surface area contributed by atoms with E-state index < -0.39 is 12.2 Å². The number of halogens is 4. The topological polar surface area (TPSA) is 58.6 Å². The standard InChI is InChI=1S/C20H31F3N4O3.HI/c1-15(20(21,22)23)26-7-9-27(10-8-26)19(24-2)25-6-5-11-30-18-13-16(28-3)12-17(14-18)29-4;/h12-15H,5-11H2,1-4H3,(H,24,25);1H. The largest absolute Gasteiger partial charge is 0.496 e. The Morgan fingerprint density at radius 2 is 1.61 bits per heavy atom. The highest BCUT2D eigenvalue weighted by Gasteiger charge is 2.41. The van der Waals surface area contributed by atoms with Crippen molar-refractivity contribution in [3.8, 4) is 17.2 Å². The monoisotopic (exact) mass is 560 g/mol. The molecule has 0 spiro atoms. The minimum atomic E-state index is -4.20. The van der Waals surface area contributed by atoms with Crippen LogP contribution in [0.1, 0.15) is 13.3 Å². The van der Waals surface area contributed by atoms with Gasteiger partial charge in [0.25, 0.3) is 0 Å². The van der Waals surface area contributed by atoms with Gasteiger partial charge in [-0.25, -0.2) is 0 Å². The first-order chi connectivity index (χ1) is 14.3. The quantitative estimate of drug-likeness (QED) is 0.228. The molecule has 1 aliphatic heterocycles. The summed E-state index contributed by atoms with van der Waals surface area (Å²) in [5.74, 6) is 2.66. The van der Waals surface area contributed by atoms with E-state index >= 15 is 0 Å². The summed E-state index contributed by atoms with van der Waals surface area (Å²) in [5.41, 5.74) is 0. The maximum atomic E-state index is 12.9. The van der Waals surface area contributed by atoms with Gasteiger partial charge < -0.3 is 24.4 Å². The zero-order chi connectivity index (χ0) is 22.1. The summed E-state index contributed by atoms with van der Waals surface area (Å²) >= 11 is 0. The van der Waals surface area contributed by atoms with E-state index in [2.05, 4.69) is 10.3 Å². The van der Waals surface area contributed by atoms with E-state index in [9.17, 15) is 13.2 Å². The van der Waals surface area contributed by atoms with Gasteiger partial charge in [-0.15, -0.1) is 24.0 Å². The first kappa shape index (κ1) is 27.4. The van der Waals surface area contributed by atoms with Crippen molar-refractivity contribution in [2.24, 2.45) is 4.99 Å². The molecule has 1 atom stereocenters. The number of nitrogens with one attached hydrogen (secondary N) is 1. The van der Waals surface area contributed by atoms with Gasteiger partial charge in [0, 0.05) is 58.0 Å². The van der Waals surface area contributed by atoms with E-state index in [0.29, 0.717) is 62.5 Å². The van der Waals surface area contributed by atoms with E-state index in [0.717, 1.165) is 6.42 Å². The van der Waals surface area contributed by atoms with Crippen LogP contribution < -0.4 is 19.5 Å². The van der Waals surface area contributed by atoms with Crippen molar-refractivity contribution in [3.63, 3.8) is 0 Å². The van der Waals surface area contributed by atoms with Crippen LogP contribution in [0.4, 0.5) is 13.2 Å². The second kappa shape index (κ2) is 13.0. The molecule has 1 saturated heterocycles. The average molecular weight is 560 g/mol.